The number of hydrogen-bond acceptors (Lipinski definition) is 7. The summed E-state index contributed by atoms with van der Waals surface area (Å²) < 4.78 is 0. The van der Waals surface area contributed by atoms with Gasteiger partial charge in [0.25, 0.3) is 5.91 Å². The molecule has 0 saturated heterocycles. The number of hydrogen-bond donors (Lipinski definition) is 2. The van der Waals surface area contributed by atoms with E-state index in [0.29, 0.717) is 17.1 Å². The molecule has 1 aliphatic heterocycles. The van der Waals surface area contributed by atoms with Crippen molar-refractivity contribution in [3.05, 3.63) is 81.1 Å². The number of benzene rings is 2. The summed E-state index contributed by atoms with van der Waals surface area (Å²) in [5.74, 6) is -0.444. The van der Waals surface area contributed by atoms with E-state index < -0.39 is 10.8 Å². The monoisotopic (exact) mass is 424 g/mol. The number of para-hydroxylation sites is 1. The van der Waals surface area contributed by atoms with Crippen molar-refractivity contribution < 1.29 is 9.72 Å². The number of hydrazine groups is 1. The average Bonchev–Trinajstić information content (AvgIpc) is 2.76. The second-order valence-electron chi connectivity index (χ2n) is 6.62. The second kappa shape index (κ2) is 8.34. The number of carbonyl (C=O) groups is 1. The van der Waals surface area contributed by atoms with E-state index in [2.05, 4.69) is 20.8 Å². The fraction of sp³-hybridized carbons (Fsp3) is 0.150. The summed E-state index contributed by atoms with van der Waals surface area (Å²) in [4.78, 5) is 33.6. The molecular formula is C20H17ClN6O3. The van der Waals surface area contributed by atoms with Crippen molar-refractivity contribution in [2.75, 3.05) is 16.9 Å². The molecule has 0 spiro atoms. The second-order valence-corrected chi connectivity index (χ2v) is 7.06. The lowest BCUT2D eigenvalue weighted by Gasteiger charge is -2.30. The third kappa shape index (κ3) is 3.87. The van der Waals surface area contributed by atoms with E-state index in [-0.39, 0.29) is 17.3 Å². The van der Waals surface area contributed by atoms with Crippen molar-refractivity contribution >= 4 is 40.5 Å². The van der Waals surface area contributed by atoms with E-state index in [1.54, 1.807) is 18.2 Å². The van der Waals surface area contributed by atoms with Crippen molar-refractivity contribution in [3.8, 4) is 0 Å². The van der Waals surface area contributed by atoms with Crippen molar-refractivity contribution in [1.29, 1.82) is 0 Å². The van der Waals surface area contributed by atoms with Crippen molar-refractivity contribution in [1.82, 2.24) is 15.4 Å². The molecule has 9 nitrogen and oxygen atoms in total. The molecule has 0 aliphatic carbocycles. The maximum absolute atomic E-state index is 12.3. The summed E-state index contributed by atoms with van der Waals surface area (Å²) in [6.45, 7) is 0.586. The van der Waals surface area contributed by atoms with Crippen LogP contribution in [-0.2, 0) is 6.42 Å². The fourth-order valence-corrected chi connectivity index (χ4v) is 3.59. The van der Waals surface area contributed by atoms with Crippen LogP contribution in [0.2, 0.25) is 5.02 Å². The van der Waals surface area contributed by atoms with Gasteiger partial charge in [-0.25, -0.2) is 9.97 Å². The highest BCUT2D eigenvalue weighted by Crippen LogP contribution is 2.39. The molecule has 3 aromatic rings. The largest absolute Gasteiger partial charge is 0.355 e. The number of nitrogens with zero attached hydrogens (tertiary/aromatic N) is 4. The number of aromatic nitrogens is 2. The number of aryl methyl sites for hydroxylation is 1. The zero-order valence-electron chi connectivity index (χ0n) is 15.7. The van der Waals surface area contributed by atoms with Crippen LogP contribution in [0.1, 0.15) is 22.3 Å². The highest BCUT2D eigenvalue weighted by Gasteiger charge is 2.30. The van der Waals surface area contributed by atoms with Gasteiger partial charge >= 0.3 is 5.69 Å². The molecule has 2 N–H and O–H groups in total. The molecule has 0 bridgehead atoms. The summed E-state index contributed by atoms with van der Waals surface area (Å²) in [6, 6.07) is 14.1. The molecular weight excluding hydrogens is 408 g/mol. The number of nitro groups is 1. The number of anilines is 3. The Balaban J connectivity index is 1.65. The Morgan fingerprint density at radius 2 is 2.00 bits per heavy atom. The van der Waals surface area contributed by atoms with E-state index in [4.69, 9.17) is 11.6 Å². The average molecular weight is 425 g/mol. The van der Waals surface area contributed by atoms with Gasteiger partial charge in [0.2, 0.25) is 11.6 Å². The Morgan fingerprint density at radius 1 is 1.17 bits per heavy atom. The van der Waals surface area contributed by atoms with Crippen LogP contribution < -0.4 is 15.8 Å². The summed E-state index contributed by atoms with van der Waals surface area (Å²) in [6.07, 6.45) is 2.96. The molecule has 1 aromatic heterocycles. The predicted molar refractivity (Wildman–Crippen MR) is 113 cm³/mol. The van der Waals surface area contributed by atoms with Crippen LogP contribution in [0.3, 0.4) is 0 Å². The molecule has 0 radical (unpaired) electrons. The first kappa shape index (κ1) is 19.6. The minimum atomic E-state index is -0.555. The van der Waals surface area contributed by atoms with Gasteiger partial charge in [0.1, 0.15) is 6.33 Å². The van der Waals surface area contributed by atoms with Gasteiger partial charge in [-0.3, -0.25) is 25.8 Å². The third-order valence-corrected chi connectivity index (χ3v) is 4.97. The minimum absolute atomic E-state index is 0.108. The van der Waals surface area contributed by atoms with Gasteiger partial charge in [0, 0.05) is 22.8 Å². The quantitative estimate of drug-likeness (QED) is 0.472. The van der Waals surface area contributed by atoms with Crippen LogP contribution in [0.5, 0.6) is 0 Å². The van der Waals surface area contributed by atoms with Crippen LogP contribution in [-0.4, -0.2) is 27.3 Å². The lowest BCUT2D eigenvalue weighted by Crippen LogP contribution is -2.31. The maximum atomic E-state index is 12.3. The summed E-state index contributed by atoms with van der Waals surface area (Å²) in [5.41, 5.74) is 6.94. The van der Waals surface area contributed by atoms with Crippen molar-refractivity contribution in [2.45, 2.75) is 12.8 Å². The van der Waals surface area contributed by atoms with Gasteiger partial charge in [0.05, 0.1) is 4.92 Å². The maximum Gasteiger partial charge on any atom is 0.355 e. The standard InChI is InChI=1S/C20H17ClN6O3/c21-15-8-3-6-14(11-15)20(28)25-24-18-17(27(29)30)19(23-12-22-18)26-10-4-7-13-5-1-2-9-16(13)26/h1-3,5-6,8-9,11-12H,4,7,10H2,(H,25,28)(H,22,23,24). The van der Waals surface area contributed by atoms with E-state index in [9.17, 15) is 14.9 Å². The first-order valence-corrected chi connectivity index (χ1v) is 9.59. The lowest BCUT2D eigenvalue weighted by molar-refractivity contribution is -0.383. The number of amides is 1. The Bertz CT molecular complexity index is 1120. The van der Waals surface area contributed by atoms with E-state index in [1.165, 1.54) is 12.4 Å². The zero-order chi connectivity index (χ0) is 21.1. The highest BCUT2D eigenvalue weighted by molar-refractivity contribution is 6.30. The number of fused-ring (bicyclic) bond motifs is 1. The Kier molecular flexibility index (Phi) is 5.44. The van der Waals surface area contributed by atoms with Crippen LogP contribution in [0.4, 0.5) is 23.0 Å². The van der Waals surface area contributed by atoms with Crippen LogP contribution in [0.15, 0.2) is 54.9 Å². The number of halogens is 1. The van der Waals surface area contributed by atoms with Crippen LogP contribution in [0.25, 0.3) is 0 Å². The molecule has 0 atom stereocenters. The van der Waals surface area contributed by atoms with E-state index in [1.807, 2.05) is 29.2 Å². The number of carbonyl (C=O) groups excluding carboxylic acids is 1. The van der Waals surface area contributed by atoms with E-state index in [0.717, 1.165) is 24.1 Å². The lowest BCUT2D eigenvalue weighted by atomic mass is 10.0. The molecule has 0 unspecified atom stereocenters. The molecule has 4 rings (SSSR count). The Morgan fingerprint density at radius 3 is 2.80 bits per heavy atom. The Hall–Kier alpha value is -3.72. The first-order chi connectivity index (χ1) is 14.5. The summed E-state index contributed by atoms with van der Waals surface area (Å²) in [7, 11) is 0. The van der Waals surface area contributed by atoms with E-state index >= 15 is 0 Å². The Labute approximate surface area is 176 Å². The van der Waals surface area contributed by atoms with Gasteiger partial charge < -0.3 is 4.90 Å². The zero-order valence-corrected chi connectivity index (χ0v) is 16.5. The first-order valence-electron chi connectivity index (χ1n) is 9.21. The van der Waals surface area contributed by atoms with Crippen molar-refractivity contribution in [3.63, 3.8) is 0 Å². The minimum Gasteiger partial charge on any atom is -0.320 e. The van der Waals surface area contributed by atoms with Gasteiger partial charge in [-0.2, -0.15) is 0 Å². The molecule has 2 heterocycles. The van der Waals surface area contributed by atoms with Gasteiger partial charge in [-0.1, -0.05) is 35.9 Å². The van der Waals surface area contributed by atoms with Crippen LogP contribution in [0, 0.1) is 10.1 Å². The SMILES string of the molecule is O=C(NNc1ncnc(N2CCCc3ccccc32)c1[N+](=O)[O-])c1cccc(Cl)c1. The summed E-state index contributed by atoms with van der Waals surface area (Å²) >= 11 is 5.91. The molecule has 1 amide bonds. The molecule has 0 fully saturated rings. The normalized spacial score (nSPS) is 12.8. The molecule has 30 heavy (non-hydrogen) atoms. The number of rotatable bonds is 5. The third-order valence-electron chi connectivity index (χ3n) is 4.73. The molecule has 0 saturated carbocycles. The van der Waals surface area contributed by atoms with Crippen LogP contribution >= 0.6 is 11.6 Å². The van der Waals surface area contributed by atoms with Gasteiger partial charge in [0.15, 0.2) is 0 Å². The topological polar surface area (TPSA) is 113 Å². The number of nitrogens with one attached hydrogen (secondary N) is 2. The molecule has 1 aliphatic rings. The molecule has 152 valence electrons. The molecule has 10 heteroatoms. The summed E-state index contributed by atoms with van der Waals surface area (Å²) in [5, 5.41) is 12.3. The predicted octanol–water partition coefficient (Wildman–Crippen LogP) is 3.88. The van der Waals surface area contributed by atoms with Gasteiger partial charge in [-0.05, 0) is 42.7 Å². The highest BCUT2D eigenvalue weighted by atomic mass is 35.5. The fourth-order valence-electron chi connectivity index (χ4n) is 3.40. The molecule has 2 aromatic carbocycles. The smallest absolute Gasteiger partial charge is 0.320 e. The van der Waals surface area contributed by atoms with Crippen molar-refractivity contribution in [2.24, 2.45) is 0 Å². The van der Waals surface area contributed by atoms with Gasteiger partial charge in [-0.15, -0.1) is 0 Å².